The fourth-order valence-electron chi connectivity index (χ4n) is 4.81. The molecule has 1 aromatic heterocycles. The highest BCUT2D eigenvalue weighted by Gasteiger charge is 2.34. The third kappa shape index (κ3) is 6.98. The quantitative estimate of drug-likeness (QED) is 0.357. The molecule has 0 radical (unpaired) electrons. The van der Waals surface area contributed by atoms with Gasteiger partial charge in [-0.1, -0.05) is 13.0 Å². The van der Waals surface area contributed by atoms with Gasteiger partial charge in [-0.05, 0) is 54.9 Å². The zero-order valence-electron chi connectivity index (χ0n) is 22.8. The number of ether oxygens (including phenoxy) is 2. The van der Waals surface area contributed by atoms with Gasteiger partial charge in [-0.3, -0.25) is 4.90 Å². The second-order valence-electron chi connectivity index (χ2n) is 9.87. The van der Waals surface area contributed by atoms with E-state index < -0.39 is 17.8 Å². The van der Waals surface area contributed by atoms with Crippen LogP contribution < -0.4 is 25.4 Å². The van der Waals surface area contributed by atoms with E-state index in [-0.39, 0.29) is 23.7 Å². The molecule has 218 valence electrons. The third-order valence-electron chi connectivity index (χ3n) is 7.03. The first kappa shape index (κ1) is 28.4. The van der Waals surface area contributed by atoms with Crippen LogP contribution in [0.25, 0.3) is 0 Å². The molecule has 0 atom stereocenters. The maximum Gasteiger partial charge on any atom is 0.416 e. The Labute approximate surface area is 235 Å². The number of nitrogens with zero attached hydrogens (tertiary/aromatic N) is 4. The number of carbonyl (C=O) groups excluding carboxylic acids is 1. The zero-order chi connectivity index (χ0) is 29.0. The lowest BCUT2D eigenvalue weighted by Crippen LogP contribution is -2.45. The number of alkyl halides is 3. The molecule has 3 N–H and O–H groups in total. The van der Waals surface area contributed by atoms with Gasteiger partial charge >= 0.3 is 12.2 Å². The lowest BCUT2D eigenvalue weighted by molar-refractivity contribution is -0.138. The van der Waals surface area contributed by atoms with Crippen LogP contribution in [0.3, 0.4) is 0 Å². The van der Waals surface area contributed by atoms with Crippen molar-refractivity contribution in [3.63, 3.8) is 0 Å². The van der Waals surface area contributed by atoms with E-state index in [1.165, 1.54) is 18.5 Å². The van der Waals surface area contributed by atoms with Crippen LogP contribution in [0.15, 0.2) is 42.7 Å². The highest BCUT2D eigenvalue weighted by atomic mass is 19.4. The Hall–Kier alpha value is -4.10. The monoisotopic (exact) mass is 571 g/mol. The predicted molar refractivity (Wildman–Crippen MR) is 149 cm³/mol. The Balaban J connectivity index is 1.23. The van der Waals surface area contributed by atoms with Gasteiger partial charge in [0.15, 0.2) is 5.82 Å². The maximum absolute atomic E-state index is 13.9. The Morgan fingerprint density at radius 3 is 2.46 bits per heavy atom. The molecule has 1 fully saturated rings. The molecule has 2 aliphatic heterocycles. The summed E-state index contributed by atoms with van der Waals surface area (Å²) in [6.45, 7) is 9.17. The Kier molecular flexibility index (Phi) is 8.45. The van der Waals surface area contributed by atoms with E-state index in [0.717, 1.165) is 25.7 Å². The Bertz CT molecular complexity index is 1390. The number of aromatic nitrogens is 2. The highest BCUT2D eigenvalue weighted by molar-refractivity contribution is 6.00. The molecule has 2 aromatic carbocycles. The number of hydrogen-bond acceptors (Lipinski definition) is 8. The van der Waals surface area contributed by atoms with E-state index >= 15 is 0 Å². The number of fused-ring (bicyclic) bond motifs is 1. The van der Waals surface area contributed by atoms with Gasteiger partial charge in [-0.15, -0.1) is 0 Å². The summed E-state index contributed by atoms with van der Waals surface area (Å²) in [5, 5.41) is 8.29. The number of halogens is 3. The third-order valence-corrected chi connectivity index (χ3v) is 7.03. The molecule has 3 aromatic rings. The molecule has 0 bridgehead atoms. The SMILES string of the molecule is CCN1CCN(Cc2ccc(NC(=O)Nc3ccc(Oc4ncnc5c4OCCN5)c(C)c3)cc2C(F)(F)F)CC1. The van der Waals surface area contributed by atoms with Crippen molar-refractivity contribution in [2.45, 2.75) is 26.6 Å². The Morgan fingerprint density at radius 1 is 1.05 bits per heavy atom. The molecule has 0 aliphatic carbocycles. The minimum absolute atomic E-state index is 0.0493. The first-order valence-electron chi connectivity index (χ1n) is 13.4. The van der Waals surface area contributed by atoms with Gasteiger partial charge < -0.3 is 30.3 Å². The molecule has 5 rings (SSSR count). The number of hydrogen-bond donors (Lipinski definition) is 3. The number of rotatable bonds is 7. The second kappa shape index (κ2) is 12.2. The van der Waals surface area contributed by atoms with Gasteiger partial charge in [0.1, 0.15) is 18.7 Å². The lowest BCUT2D eigenvalue weighted by atomic mass is 10.0. The van der Waals surface area contributed by atoms with Crippen molar-refractivity contribution < 1.29 is 27.4 Å². The minimum atomic E-state index is -4.55. The summed E-state index contributed by atoms with van der Waals surface area (Å²) < 4.78 is 53.3. The van der Waals surface area contributed by atoms with Crippen molar-refractivity contribution in [1.82, 2.24) is 19.8 Å². The van der Waals surface area contributed by atoms with Gasteiger partial charge in [0.2, 0.25) is 5.75 Å². The topological polar surface area (TPSA) is 104 Å². The molecule has 0 saturated carbocycles. The summed E-state index contributed by atoms with van der Waals surface area (Å²) in [4.78, 5) is 25.2. The van der Waals surface area contributed by atoms with Crippen molar-refractivity contribution in [1.29, 1.82) is 0 Å². The maximum atomic E-state index is 13.9. The van der Waals surface area contributed by atoms with E-state index in [4.69, 9.17) is 9.47 Å². The molecule has 2 aliphatic rings. The molecular weight excluding hydrogens is 539 g/mol. The average Bonchev–Trinajstić information content (AvgIpc) is 2.95. The van der Waals surface area contributed by atoms with Crippen LogP contribution >= 0.6 is 0 Å². The van der Waals surface area contributed by atoms with Gasteiger partial charge in [-0.25, -0.2) is 9.78 Å². The fourth-order valence-corrected chi connectivity index (χ4v) is 4.81. The predicted octanol–water partition coefficient (Wildman–Crippen LogP) is 5.18. The summed E-state index contributed by atoms with van der Waals surface area (Å²) in [6.07, 6.45) is -3.18. The molecule has 10 nitrogen and oxygen atoms in total. The molecule has 0 spiro atoms. The van der Waals surface area contributed by atoms with Crippen molar-refractivity contribution in [3.05, 3.63) is 59.4 Å². The van der Waals surface area contributed by atoms with Crippen molar-refractivity contribution >= 4 is 23.2 Å². The van der Waals surface area contributed by atoms with E-state index in [1.807, 2.05) is 4.90 Å². The van der Waals surface area contributed by atoms with E-state index in [9.17, 15) is 18.0 Å². The largest absolute Gasteiger partial charge is 0.483 e. The molecule has 41 heavy (non-hydrogen) atoms. The van der Waals surface area contributed by atoms with E-state index in [1.54, 1.807) is 25.1 Å². The standard InChI is InChI=1S/C28H32F3N7O3/c1-3-37-9-11-38(12-10-37)16-19-4-5-21(15-22(19)28(29,30)31)36-27(39)35-20-6-7-23(18(2)14-20)41-26-24-25(33-17-34-26)32-8-13-40-24/h4-7,14-15,17H,3,8-13,16H2,1-2H3,(H,32,33,34)(H2,35,36,39). The van der Waals surface area contributed by atoms with Crippen LogP contribution in [-0.2, 0) is 12.7 Å². The summed E-state index contributed by atoms with van der Waals surface area (Å²) in [7, 11) is 0. The van der Waals surface area contributed by atoms with Crippen LogP contribution in [0.5, 0.6) is 17.4 Å². The van der Waals surface area contributed by atoms with Gasteiger partial charge in [0.25, 0.3) is 5.88 Å². The fraction of sp³-hybridized carbons (Fsp3) is 0.393. The number of urea groups is 1. The van der Waals surface area contributed by atoms with Gasteiger partial charge in [0.05, 0.1) is 12.1 Å². The molecule has 0 unspecified atom stereocenters. The number of benzene rings is 2. The van der Waals surface area contributed by atoms with Crippen LogP contribution in [0.4, 0.5) is 35.2 Å². The first-order chi connectivity index (χ1) is 19.7. The summed E-state index contributed by atoms with van der Waals surface area (Å²) in [5.41, 5.74) is 0.617. The number of carbonyl (C=O) groups is 1. The summed E-state index contributed by atoms with van der Waals surface area (Å²) >= 11 is 0. The summed E-state index contributed by atoms with van der Waals surface area (Å²) in [6, 6.07) is 8.21. The lowest BCUT2D eigenvalue weighted by Gasteiger charge is -2.34. The van der Waals surface area contributed by atoms with Crippen LogP contribution in [0.1, 0.15) is 23.6 Å². The molecule has 1 saturated heterocycles. The van der Waals surface area contributed by atoms with Crippen LogP contribution in [-0.4, -0.2) is 71.7 Å². The van der Waals surface area contributed by atoms with Crippen LogP contribution in [0.2, 0.25) is 0 Å². The normalized spacial score (nSPS) is 15.8. The molecular formula is C28H32F3N7O3. The number of likely N-dealkylation sites (N-methyl/N-ethyl adjacent to an activating group) is 1. The number of aryl methyl sites for hydroxylation is 1. The number of nitrogens with one attached hydrogen (secondary N) is 3. The second-order valence-corrected chi connectivity index (χ2v) is 9.87. The van der Waals surface area contributed by atoms with Gasteiger partial charge in [0, 0.05) is 44.1 Å². The number of amides is 2. The average molecular weight is 572 g/mol. The molecule has 13 heteroatoms. The van der Waals surface area contributed by atoms with Crippen molar-refractivity contribution in [2.24, 2.45) is 0 Å². The first-order valence-corrected chi connectivity index (χ1v) is 13.4. The summed E-state index contributed by atoms with van der Waals surface area (Å²) in [5.74, 6) is 1.72. The number of anilines is 3. The van der Waals surface area contributed by atoms with Gasteiger partial charge in [-0.2, -0.15) is 18.2 Å². The molecule has 3 heterocycles. The zero-order valence-corrected chi connectivity index (χ0v) is 22.8. The minimum Gasteiger partial charge on any atom is -0.483 e. The smallest absolute Gasteiger partial charge is 0.416 e. The molecule has 2 amide bonds. The van der Waals surface area contributed by atoms with Crippen molar-refractivity contribution in [2.75, 3.05) is 61.8 Å². The Morgan fingerprint density at radius 2 is 1.76 bits per heavy atom. The van der Waals surface area contributed by atoms with Crippen molar-refractivity contribution in [3.8, 4) is 17.4 Å². The number of piperazine rings is 1. The van der Waals surface area contributed by atoms with E-state index in [2.05, 4.69) is 37.7 Å². The highest BCUT2D eigenvalue weighted by Crippen LogP contribution is 2.37. The van der Waals surface area contributed by atoms with Crippen LogP contribution in [0, 0.1) is 6.92 Å². The van der Waals surface area contributed by atoms with E-state index in [0.29, 0.717) is 54.8 Å².